The Morgan fingerprint density at radius 2 is 1.07 bits per heavy atom. The van der Waals surface area contributed by atoms with Gasteiger partial charge in [-0.15, -0.1) is 23.2 Å². The van der Waals surface area contributed by atoms with Crippen molar-refractivity contribution in [2.45, 2.75) is 37.4 Å². The molecule has 0 saturated heterocycles. The van der Waals surface area contributed by atoms with E-state index in [4.69, 9.17) is 23.2 Å². The Kier molecular flexibility index (Phi) is 3.18. The maximum atomic E-state index is 6.31. The minimum Gasteiger partial charge on any atom is -0.115 e. The van der Waals surface area contributed by atoms with Gasteiger partial charge in [0.15, 0.2) is 0 Å². The SMILES string of the molecule is CC(C)(Cl)c1ccccc1C(C)(C)Cl. The molecule has 2 heteroatoms. The molecule has 0 amide bonds. The van der Waals surface area contributed by atoms with Gasteiger partial charge in [-0.2, -0.15) is 0 Å². The third-order valence-electron chi connectivity index (χ3n) is 2.21. The molecule has 0 aliphatic carbocycles. The lowest BCUT2D eigenvalue weighted by atomic mass is 9.90. The molecular formula is C12H16Cl2. The lowest BCUT2D eigenvalue weighted by Gasteiger charge is -2.26. The molecule has 0 aliphatic heterocycles. The maximum absolute atomic E-state index is 6.31. The molecule has 78 valence electrons. The molecule has 0 heterocycles. The van der Waals surface area contributed by atoms with Gasteiger partial charge in [-0.1, -0.05) is 24.3 Å². The van der Waals surface area contributed by atoms with Gasteiger partial charge in [-0.25, -0.2) is 0 Å². The number of hydrogen-bond acceptors (Lipinski definition) is 0. The average molecular weight is 231 g/mol. The summed E-state index contributed by atoms with van der Waals surface area (Å²) in [5, 5.41) is 0. The van der Waals surface area contributed by atoms with E-state index in [0.29, 0.717) is 0 Å². The van der Waals surface area contributed by atoms with Crippen molar-refractivity contribution in [1.82, 2.24) is 0 Å². The van der Waals surface area contributed by atoms with Crippen LogP contribution in [0.25, 0.3) is 0 Å². The molecule has 0 fully saturated rings. The summed E-state index contributed by atoms with van der Waals surface area (Å²) in [6.45, 7) is 7.93. The van der Waals surface area contributed by atoms with Crippen molar-refractivity contribution in [3.63, 3.8) is 0 Å². The molecular weight excluding hydrogens is 215 g/mol. The Labute approximate surface area is 96.2 Å². The van der Waals surface area contributed by atoms with Crippen molar-refractivity contribution in [3.05, 3.63) is 35.4 Å². The van der Waals surface area contributed by atoms with Crippen LogP contribution in [0.5, 0.6) is 0 Å². The van der Waals surface area contributed by atoms with E-state index in [9.17, 15) is 0 Å². The van der Waals surface area contributed by atoms with Crippen LogP contribution in [-0.4, -0.2) is 0 Å². The van der Waals surface area contributed by atoms with Crippen LogP contribution < -0.4 is 0 Å². The van der Waals surface area contributed by atoms with Gasteiger partial charge < -0.3 is 0 Å². The van der Waals surface area contributed by atoms with E-state index in [1.165, 1.54) is 0 Å². The molecule has 0 spiro atoms. The van der Waals surface area contributed by atoms with E-state index in [1.54, 1.807) is 0 Å². The Bertz CT molecular complexity index is 283. The van der Waals surface area contributed by atoms with Gasteiger partial charge in [0.2, 0.25) is 0 Å². The van der Waals surface area contributed by atoms with Gasteiger partial charge in [0.05, 0.1) is 9.75 Å². The zero-order valence-corrected chi connectivity index (χ0v) is 10.6. The van der Waals surface area contributed by atoms with Crippen LogP contribution in [0.15, 0.2) is 24.3 Å². The first-order valence-corrected chi connectivity index (χ1v) is 5.46. The highest BCUT2D eigenvalue weighted by atomic mass is 35.5. The van der Waals surface area contributed by atoms with Gasteiger partial charge in [0.1, 0.15) is 0 Å². The Morgan fingerprint density at radius 3 is 1.29 bits per heavy atom. The molecule has 1 aromatic carbocycles. The first-order valence-electron chi connectivity index (χ1n) is 4.71. The second kappa shape index (κ2) is 3.75. The van der Waals surface area contributed by atoms with E-state index in [1.807, 2.05) is 52.0 Å². The molecule has 0 aliphatic rings. The van der Waals surface area contributed by atoms with Crippen molar-refractivity contribution in [3.8, 4) is 0 Å². The fraction of sp³-hybridized carbons (Fsp3) is 0.500. The zero-order valence-electron chi connectivity index (χ0n) is 9.07. The van der Waals surface area contributed by atoms with Crippen LogP contribution in [0.4, 0.5) is 0 Å². The number of rotatable bonds is 2. The third-order valence-corrected chi connectivity index (χ3v) is 2.62. The summed E-state index contributed by atoms with van der Waals surface area (Å²) in [5.41, 5.74) is 2.20. The van der Waals surface area contributed by atoms with E-state index in [-0.39, 0.29) is 9.75 Å². The smallest absolute Gasteiger partial charge is 0.0642 e. The summed E-state index contributed by atoms with van der Waals surface area (Å²) in [6, 6.07) is 8.05. The van der Waals surface area contributed by atoms with Gasteiger partial charge >= 0.3 is 0 Å². The quantitative estimate of drug-likeness (QED) is 0.650. The molecule has 0 bridgehead atoms. The van der Waals surface area contributed by atoms with E-state index in [2.05, 4.69) is 0 Å². The predicted octanol–water partition coefficient (Wildman–Crippen LogP) is 4.63. The monoisotopic (exact) mass is 230 g/mol. The zero-order chi connectivity index (χ0) is 11.0. The van der Waals surface area contributed by atoms with Gasteiger partial charge in [0.25, 0.3) is 0 Å². The number of halogens is 2. The Morgan fingerprint density at radius 1 is 0.786 bits per heavy atom. The average Bonchev–Trinajstić information content (AvgIpc) is 2.01. The normalized spacial score (nSPS) is 13.0. The van der Waals surface area contributed by atoms with Crippen molar-refractivity contribution in [1.29, 1.82) is 0 Å². The largest absolute Gasteiger partial charge is 0.115 e. The van der Waals surface area contributed by atoms with Crippen LogP contribution >= 0.6 is 23.2 Å². The molecule has 0 atom stereocenters. The Hall–Kier alpha value is -0.200. The molecule has 14 heavy (non-hydrogen) atoms. The van der Waals surface area contributed by atoms with Crippen LogP contribution in [0.1, 0.15) is 38.8 Å². The fourth-order valence-electron chi connectivity index (χ4n) is 1.52. The molecule has 0 radical (unpaired) electrons. The second-order valence-electron chi connectivity index (χ2n) is 4.49. The van der Waals surface area contributed by atoms with Gasteiger partial charge in [-0.3, -0.25) is 0 Å². The molecule has 0 N–H and O–H groups in total. The molecule has 1 rings (SSSR count). The molecule has 0 saturated carbocycles. The van der Waals surface area contributed by atoms with Crippen molar-refractivity contribution >= 4 is 23.2 Å². The molecule has 1 aromatic rings. The topological polar surface area (TPSA) is 0 Å². The standard InChI is InChI=1S/C12H16Cl2/c1-11(2,13)9-7-5-6-8-10(9)12(3,4)14/h5-8H,1-4H3. The third kappa shape index (κ3) is 2.65. The first-order chi connectivity index (χ1) is 6.23. The maximum Gasteiger partial charge on any atom is 0.0642 e. The predicted molar refractivity (Wildman–Crippen MR) is 64.2 cm³/mol. The van der Waals surface area contributed by atoms with Crippen LogP contribution in [0.2, 0.25) is 0 Å². The van der Waals surface area contributed by atoms with Crippen LogP contribution in [0.3, 0.4) is 0 Å². The van der Waals surface area contributed by atoms with Gasteiger partial charge in [-0.05, 0) is 38.8 Å². The molecule has 0 aromatic heterocycles. The summed E-state index contributed by atoms with van der Waals surface area (Å²) in [5.74, 6) is 0. The number of benzene rings is 1. The minimum absolute atomic E-state index is 0.372. The van der Waals surface area contributed by atoms with E-state index in [0.717, 1.165) is 11.1 Å². The van der Waals surface area contributed by atoms with Crippen LogP contribution in [0, 0.1) is 0 Å². The highest BCUT2D eigenvalue weighted by molar-refractivity contribution is 6.25. The Balaban J connectivity index is 3.31. The van der Waals surface area contributed by atoms with Crippen molar-refractivity contribution in [2.24, 2.45) is 0 Å². The highest BCUT2D eigenvalue weighted by Crippen LogP contribution is 2.38. The number of hydrogen-bond donors (Lipinski definition) is 0. The van der Waals surface area contributed by atoms with Crippen molar-refractivity contribution in [2.75, 3.05) is 0 Å². The highest BCUT2D eigenvalue weighted by Gasteiger charge is 2.27. The lowest BCUT2D eigenvalue weighted by molar-refractivity contribution is 0.694. The minimum atomic E-state index is -0.372. The van der Waals surface area contributed by atoms with Crippen molar-refractivity contribution < 1.29 is 0 Å². The summed E-state index contributed by atoms with van der Waals surface area (Å²) in [7, 11) is 0. The summed E-state index contributed by atoms with van der Waals surface area (Å²) < 4.78 is 0. The fourth-order valence-corrected chi connectivity index (χ4v) is 1.85. The molecule has 0 unspecified atom stereocenters. The second-order valence-corrected chi connectivity index (χ2v) is 6.38. The van der Waals surface area contributed by atoms with E-state index < -0.39 is 0 Å². The van der Waals surface area contributed by atoms with Gasteiger partial charge in [0, 0.05) is 0 Å². The lowest BCUT2D eigenvalue weighted by Crippen LogP contribution is -2.18. The summed E-state index contributed by atoms with van der Waals surface area (Å²) >= 11 is 12.6. The number of alkyl halides is 2. The summed E-state index contributed by atoms with van der Waals surface area (Å²) in [6.07, 6.45) is 0. The summed E-state index contributed by atoms with van der Waals surface area (Å²) in [4.78, 5) is -0.745. The van der Waals surface area contributed by atoms with E-state index >= 15 is 0 Å². The van der Waals surface area contributed by atoms with Crippen LogP contribution in [-0.2, 0) is 9.75 Å². The molecule has 0 nitrogen and oxygen atoms in total. The first kappa shape index (κ1) is 11.9.